The Labute approximate surface area is 354 Å². The molecule has 0 aromatic carbocycles. The molecule has 0 bridgehead atoms. The lowest BCUT2D eigenvalue weighted by Gasteiger charge is -2.57. The van der Waals surface area contributed by atoms with Crippen LogP contribution in [0.25, 0.3) is 0 Å². The molecule has 0 aromatic heterocycles. The molecule has 0 aromatic rings. The minimum atomic E-state index is 1.15. The Hall–Kier alpha value is 0. The zero-order valence-electron chi connectivity index (χ0n) is 37.7. The number of rotatable bonds is 0. The van der Waals surface area contributed by atoms with E-state index in [-0.39, 0.29) is 0 Å². The van der Waals surface area contributed by atoms with Crippen LogP contribution >= 0.6 is 0 Å². The van der Waals surface area contributed by atoms with E-state index in [0.29, 0.717) is 0 Å². The molecular weight excluding hydrogens is 685 g/mol. The van der Waals surface area contributed by atoms with Gasteiger partial charge in [0.2, 0.25) is 0 Å². The maximum absolute atomic E-state index is 1.64. The van der Waals surface area contributed by atoms with Crippen molar-refractivity contribution in [2.75, 3.05) is 0 Å². The fourth-order valence-electron chi connectivity index (χ4n) is 21.6. The highest BCUT2D eigenvalue weighted by Gasteiger charge is 2.53. The second kappa shape index (κ2) is 18.0. The molecule has 57 heavy (non-hydrogen) atoms. The van der Waals surface area contributed by atoms with Gasteiger partial charge < -0.3 is 0 Å². The van der Waals surface area contributed by atoms with Crippen molar-refractivity contribution in [2.24, 2.45) is 118 Å². The van der Waals surface area contributed by atoms with Crippen molar-refractivity contribution in [3.05, 3.63) is 0 Å². The van der Waals surface area contributed by atoms with Crippen LogP contribution in [0.2, 0.25) is 0 Å². The van der Waals surface area contributed by atoms with Crippen molar-refractivity contribution >= 4 is 0 Å². The summed E-state index contributed by atoms with van der Waals surface area (Å²) in [4.78, 5) is 0. The van der Waals surface area contributed by atoms with E-state index < -0.39 is 0 Å². The summed E-state index contributed by atoms with van der Waals surface area (Å²) in [7, 11) is 0. The molecule has 0 saturated heterocycles. The molecule has 0 amide bonds. The third-order valence-electron chi connectivity index (χ3n) is 23.7. The first-order chi connectivity index (χ1) is 28.3. The predicted octanol–water partition coefficient (Wildman–Crippen LogP) is 16.9. The smallest absolute Gasteiger partial charge is 0.0352 e. The lowest BCUT2D eigenvalue weighted by atomic mass is 9.48. The van der Waals surface area contributed by atoms with Gasteiger partial charge in [-0.25, -0.2) is 0 Å². The molecule has 13 saturated carbocycles. The Morgan fingerprint density at radius 3 is 0.509 bits per heavy atom. The number of hydrogen-bond donors (Lipinski definition) is 0. The van der Waals surface area contributed by atoms with Crippen LogP contribution in [-0.4, -0.2) is 0 Å². The van der Waals surface area contributed by atoms with Crippen LogP contribution in [0.15, 0.2) is 0 Å². The maximum atomic E-state index is 1.64. The van der Waals surface area contributed by atoms with Crippen molar-refractivity contribution < 1.29 is 0 Å². The van der Waals surface area contributed by atoms with E-state index in [4.69, 9.17) is 0 Å². The van der Waals surface area contributed by atoms with Crippen molar-refractivity contribution in [1.82, 2.24) is 0 Å². The molecule has 0 N–H and O–H groups in total. The maximum Gasteiger partial charge on any atom is -0.0352 e. The van der Waals surface area contributed by atoms with E-state index >= 15 is 0 Å². The number of hydrogen-bond acceptors (Lipinski definition) is 0. The first-order valence-corrected chi connectivity index (χ1v) is 28.3. The monoisotopic (exact) mass is 779 g/mol. The summed E-state index contributed by atoms with van der Waals surface area (Å²) in [5.41, 5.74) is 0. The van der Waals surface area contributed by atoms with Gasteiger partial charge in [0.25, 0.3) is 0 Å². The van der Waals surface area contributed by atoms with Crippen LogP contribution in [0.3, 0.4) is 0 Å². The van der Waals surface area contributed by atoms with Gasteiger partial charge in [-0.05, 0) is 247 Å². The number of fused-ring (bicyclic) bond motifs is 17. The van der Waals surface area contributed by atoms with Crippen molar-refractivity contribution in [2.45, 2.75) is 238 Å². The summed E-state index contributed by atoms with van der Waals surface area (Å²) < 4.78 is 0. The van der Waals surface area contributed by atoms with E-state index in [9.17, 15) is 0 Å². The van der Waals surface area contributed by atoms with Crippen LogP contribution < -0.4 is 0 Å². The molecule has 0 radical (unpaired) electrons. The highest BCUT2D eigenvalue weighted by Crippen LogP contribution is 2.62. The highest BCUT2D eigenvalue weighted by atomic mass is 14.6. The highest BCUT2D eigenvalue weighted by molar-refractivity contribution is 5.02. The first-order valence-electron chi connectivity index (χ1n) is 28.3. The summed E-state index contributed by atoms with van der Waals surface area (Å²) >= 11 is 0. The zero-order valence-corrected chi connectivity index (χ0v) is 37.7. The van der Waals surface area contributed by atoms with Gasteiger partial charge in [-0.3, -0.25) is 0 Å². The zero-order chi connectivity index (χ0) is 37.7. The van der Waals surface area contributed by atoms with Gasteiger partial charge in [0.1, 0.15) is 0 Å². The minimum Gasteiger partial charge on any atom is -0.0530 e. The van der Waals surface area contributed by atoms with E-state index in [1.54, 1.807) is 238 Å². The second-order valence-corrected chi connectivity index (χ2v) is 25.2. The Balaban J connectivity index is 0.0000000995. The minimum absolute atomic E-state index is 1.15. The van der Waals surface area contributed by atoms with Crippen LogP contribution in [0.1, 0.15) is 238 Å². The predicted molar refractivity (Wildman–Crippen MR) is 241 cm³/mol. The third kappa shape index (κ3) is 7.88. The third-order valence-corrected chi connectivity index (χ3v) is 23.7. The molecule has 0 spiro atoms. The Morgan fingerprint density at radius 2 is 0.263 bits per heavy atom. The fraction of sp³-hybridized carbons (Fsp3) is 1.00. The lowest BCUT2D eigenvalue weighted by Crippen LogP contribution is -2.49. The van der Waals surface area contributed by atoms with Gasteiger partial charge in [-0.2, -0.15) is 0 Å². The molecule has 0 nitrogen and oxygen atoms in total. The molecule has 13 aliphatic carbocycles. The Bertz CT molecular complexity index is 1210. The fourth-order valence-corrected chi connectivity index (χ4v) is 21.6. The molecule has 20 unspecified atom stereocenters. The van der Waals surface area contributed by atoms with Gasteiger partial charge in [0.05, 0.1) is 0 Å². The first kappa shape index (κ1) is 39.8. The summed E-state index contributed by atoms with van der Waals surface area (Å²) in [6.45, 7) is 0. The summed E-state index contributed by atoms with van der Waals surface area (Å²) in [5.74, 6) is 23.3. The second-order valence-electron chi connectivity index (χ2n) is 25.2. The van der Waals surface area contributed by atoms with E-state index in [0.717, 1.165) is 47.3 Å². The average molecular weight is 779 g/mol. The van der Waals surface area contributed by atoms with Gasteiger partial charge in [0, 0.05) is 0 Å². The molecule has 0 heteroatoms. The molecule has 13 fully saturated rings. The van der Waals surface area contributed by atoms with Crippen LogP contribution in [-0.2, 0) is 0 Å². The van der Waals surface area contributed by atoms with Crippen LogP contribution in [0, 0.1) is 118 Å². The molecule has 0 heterocycles. The summed E-state index contributed by atoms with van der Waals surface area (Å²) in [6, 6.07) is 0. The lowest BCUT2D eigenvalue weighted by molar-refractivity contribution is -0.0786. The summed E-state index contributed by atoms with van der Waals surface area (Å²) in [5, 5.41) is 0. The molecule has 322 valence electrons. The van der Waals surface area contributed by atoms with Crippen molar-refractivity contribution in [1.29, 1.82) is 0 Å². The Kier molecular flexibility index (Phi) is 12.6. The summed E-state index contributed by atoms with van der Waals surface area (Å²) in [6.07, 6.45) is 58.9. The van der Waals surface area contributed by atoms with Crippen molar-refractivity contribution in [3.63, 3.8) is 0 Å². The van der Waals surface area contributed by atoms with Crippen LogP contribution in [0.5, 0.6) is 0 Å². The largest absolute Gasteiger partial charge is 0.0530 e. The molecule has 13 aliphatic rings. The molecule has 0 aliphatic heterocycles. The molecular formula is C57H94. The van der Waals surface area contributed by atoms with Gasteiger partial charge in [-0.15, -0.1) is 0 Å². The SMILES string of the molecule is C1CCC2C(C1)CCC1C2CCC2C3CCCCC3CCC21.C1CCC2C(C1)CCC1C3CCCC3CCC21.C1CCC2C(C1)CCC1C3CCCCC3CCC21. The normalized spacial score (nSPS) is 53.5. The van der Waals surface area contributed by atoms with Gasteiger partial charge in [0.15, 0.2) is 0 Å². The average Bonchev–Trinajstić information content (AvgIpc) is 3.79. The molecule has 13 rings (SSSR count). The van der Waals surface area contributed by atoms with Gasteiger partial charge in [-0.1, -0.05) is 109 Å². The van der Waals surface area contributed by atoms with E-state index in [1.165, 1.54) is 71.0 Å². The topological polar surface area (TPSA) is 0 Å². The van der Waals surface area contributed by atoms with Gasteiger partial charge >= 0.3 is 0 Å². The van der Waals surface area contributed by atoms with E-state index in [1.807, 2.05) is 0 Å². The standard InChI is InChI=1S/C22H36.C18H30.C17H28/c1-3-7-17-15(5-1)9-11-21-19(17)13-14-20-18-8-4-2-6-16(18)10-12-22(20)21;1-3-7-15-13(5-1)9-11-18-16-8-4-2-6-14(16)10-12-17(15)18;1-2-6-14-12(4-1)8-10-17-15-7-3-5-13(15)9-11-16(14)17/h15-22H,1-14H2;13-18H,1-12H2;12-17H,1-11H2. The van der Waals surface area contributed by atoms with E-state index in [2.05, 4.69) is 0 Å². The van der Waals surface area contributed by atoms with Crippen LogP contribution in [0.4, 0.5) is 0 Å². The molecule has 20 atom stereocenters. The Morgan fingerprint density at radius 1 is 0.105 bits per heavy atom. The quantitative estimate of drug-likeness (QED) is 0.230. The van der Waals surface area contributed by atoms with Crippen molar-refractivity contribution in [3.8, 4) is 0 Å².